The summed E-state index contributed by atoms with van der Waals surface area (Å²) < 4.78 is 27.6. The summed E-state index contributed by atoms with van der Waals surface area (Å²) >= 11 is 0. The number of H-pyrrole nitrogens is 1. The second-order valence-electron chi connectivity index (χ2n) is 16.7. The Kier molecular flexibility index (Phi) is 10.4. The SMILES string of the molecule is CC(C)(C)c1ccc(OCC(=O)Nc2nc3c(ncn3[C@H]3C[C@H](O[Si](C)(C)C(C)(C)C)[C@@H](CO[Si](C)(C)C(C)(C)C)O3)c(=O)[nH]2)cc1. The molecule has 260 valence electrons. The van der Waals surface area contributed by atoms with Gasteiger partial charge in [-0.15, -0.1) is 0 Å². The van der Waals surface area contributed by atoms with Gasteiger partial charge in [0.2, 0.25) is 5.95 Å². The number of rotatable bonds is 10. The van der Waals surface area contributed by atoms with Crippen molar-refractivity contribution in [3.63, 3.8) is 0 Å². The van der Waals surface area contributed by atoms with E-state index in [2.05, 4.69) is 109 Å². The molecule has 1 amide bonds. The fourth-order valence-corrected chi connectivity index (χ4v) is 7.14. The van der Waals surface area contributed by atoms with Gasteiger partial charge < -0.3 is 18.3 Å². The first-order chi connectivity index (χ1) is 21.5. The predicted molar refractivity (Wildman–Crippen MR) is 191 cm³/mol. The van der Waals surface area contributed by atoms with Gasteiger partial charge in [-0.2, -0.15) is 4.98 Å². The average molecular weight is 686 g/mol. The highest BCUT2D eigenvalue weighted by molar-refractivity contribution is 6.74. The normalized spacial score (nSPS) is 19.7. The summed E-state index contributed by atoms with van der Waals surface area (Å²) in [6.07, 6.45) is 1.10. The minimum absolute atomic E-state index is 0.00538. The Morgan fingerprint density at radius 1 is 1.00 bits per heavy atom. The van der Waals surface area contributed by atoms with Crippen LogP contribution in [0, 0.1) is 0 Å². The number of carbonyl (C=O) groups excluding carboxylic acids is 1. The van der Waals surface area contributed by atoms with Gasteiger partial charge in [-0.25, -0.2) is 4.98 Å². The van der Waals surface area contributed by atoms with E-state index in [9.17, 15) is 9.59 Å². The molecule has 1 aliphatic heterocycles. The first kappa shape index (κ1) is 37.0. The van der Waals surface area contributed by atoms with E-state index in [1.54, 1.807) is 10.9 Å². The van der Waals surface area contributed by atoms with Gasteiger partial charge in [0, 0.05) is 6.42 Å². The Morgan fingerprint density at radius 2 is 1.62 bits per heavy atom. The van der Waals surface area contributed by atoms with Crippen LogP contribution in [-0.2, 0) is 23.8 Å². The lowest BCUT2D eigenvalue weighted by atomic mass is 9.87. The summed E-state index contributed by atoms with van der Waals surface area (Å²) in [5, 5.41) is 2.72. The van der Waals surface area contributed by atoms with E-state index in [4.69, 9.17) is 18.3 Å². The van der Waals surface area contributed by atoms with E-state index < -0.39 is 34.3 Å². The highest BCUT2D eigenvalue weighted by atomic mass is 28.4. The third-order valence-electron chi connectivity index (χ3n) is 9.94. The van der Waals surface area contributed by atoms with Crippen LogP contribution in [0.4, 0.5) is 5.95 Å². The Bertz CT molecular complexity index is 1610. The van der Waals surface area contributed by atoms with E-state index in [1.807, 2.05) is 24.3 Å². The topological polar surface area (TPSA) is 130 Å². The maximum atomic E-state index is 13.0. The molecule has 0 radical (unpaired) electrons. The summed E-state index contributed by atoms with van der Waals surface area (Å²) in [5.41, 5.74) is 1.18. The highest BCUT2D eigenvalue weighted by Gasteiger charge is 2.47. The molecule has 2 aromatic heterocycles. The Hall–Kier alpha value is -2.85. The van der Waals surface area contributed by atoms with Crippen LogP contribution in [0.2, 0.25) is 36.3 Å². The van der Waals surface area contributed by atoms with E-state index >= 15 is 0 Å². The molecule has 3 atom stereocenters. The van der Waals surface area contributed by atoms with Crippen LogP contribution in [0.1, 0.15) is 80.5 Å². The van der Waals surface area contributed by atoms with E-state index in [-0.39, 0.29) is 45.8 Å². The molecule has 4 rings (SSSR count). The summed E-state index contributed by atoms with van der Waals surface area (Å²) in [7, 11) is -4.20. The van der Waals surface area contributed by atoms with Crippen LogP contribution in [0.5, 0.6) is 5.75 Å². The van der Waals surface area contributed by atoms with Crippen LogP contribution < -0.4 is 15.6 Å². The maximum Gasteiger partial charge on any atom is 0.280 e. The van der Waals surface area contributed by atoms with Gasteiger partial charge in [-0.3, -0.25) is 24.5 Å². The molecule has 1 aliphatic rings. The number of aromatic amines is 1. The standard InChI is InChI=1S/C34H55N5O6Si2/c1-32(2,3)22-14-16-23(17-15-22)42-20-26(40)36-31-37-29-28(30(41)38-31)35-21-39(29)27-18-24(45-47(12,13)34(7,8)9)25(44-27)19-43-46(10,11)33(4,5)6/h14-17,21,24-25,27H,18-20H2,1-13H3,(H2,36,37,38,40,41)/t24-,25+,27+/m0/s1. The van der Waals surface area contributed by atoms with Crippen LogP contribution in [-0.4, -0.2) is 67.5 Å². The van der Waals surface area contributed by atoms with Gasteiger partial charge in [-0.05, 0) is 59.4 Å². The predicted octanol–water partition coefficient (Wildman–Crippen LogP) is 7.13. The van der Waals surface area contributed by atoms with Crippen molar-refractivity contribution in [3.8, 4) is 5.75 Å². The minimum atomic E-state index is -2.15. The molecule has 13 heteroatoms. The molecule has 0 aliphatic carbocycles. The third-order valence-corrected chi connectivity index (χ3v) is 18.9. The number of anilines is 1. The monoisotopic (exact) mass is 685 g/mol. The molecule has 1 aromatic carbocycles. The van der Waals surface area contributed by atoms with Crippen molar-refractivity contribution in [2.24, 2.45) is 0 Å². The Morgan fingerprint density at radius 3 is 2.19 bits per heavy atom. The molecular weight excluding hydrogens is 631 g/mol. The number of nitrogens with zero attached hydrogens (tertiary/aromatic N) is 3. The van der Waals surface area contributed by atoms with Crippen molar-refractivity contribution >= 4 is 39.7 Å². The number of imidazole rings is 1. The van der Waals surface area contributed by atoms with E-state index in [1.165, 1.54) is 5.56 Å². The number of carbonyl (C=O) groups is 1. The smallest absolute Gasteiger partial charge is 0.280 e. The number of amides is 1. The van der Waals surface area contributed by atoms with Gasteiger partial charge >= 0.3 is 0 Å². The summed E-state index contributed by atoms with van der Waals surface area (Å²) in [4.78, 5) is 37.3. The molecule has 1 saturated heterocycles. The van der Waals surface area contributed by atoms with Crippen molar-refractivity contribution in [2.45, 2.75) is 129 Å². The van der Waals surface area contributed by atoms with E-state index in [0.717, 1.165) is 0 Å². The fourth-order valence-electron chi connectivity index (χ4n) is 4.77. The Balaban J connectivity index is 1.53. The van der Waals surface area contributed by atoms with Gasteiger partial charge in [0.25, 0.3) is 11.5 Å². The second-order valence-corrected chi connectivity index (χ2v) is 26.3. The molecule has 0 spiro atoms. The molecule has 1 fully saturated rings. The molecular formula is C34H55N5O6Si2. The maximum absolute atomic E-state index is 13.0. The lowest BCUT2D eigenvalue weighted by Crippen LogP contribution is -2.48. The van der Waals surface area contributed by atoms with Crippen molar-refractivity contribution in [2.75, 3.05) is 18.5 Å². The summed E-state index contributed by atoms with van der Waals surface area (Å²) in [6.45, 7) is 28.8. The lowest BCUT2D eigenvalue weighted by Gasteiger charge is -2.40. The van der Waals surface area contributed by atoms with Crippen molar-refractivity contribution in [1.29, 1.82) is 0 Å². The molecule has 0 bridgehead atoms. The van der Waals surface area contributed by atoms with Gasteiger partial charge in [0.05, 0.1) is 19.0 Å². The molecule has 3 aromatic rings. The molecule has 3 heterocycles. The summed E-state index contributed by atoms with van der Waals surface area (Å²) in [5.74, 6) is 0.121. The molecule has 0 saturated carbocycles. The van der Waals surface area contributed by atoms with Gasteiger partial charge in [0.1, 0.15) is 18.1 Å². The Labute approximate surface area is 281 Å². The largest absolute Gasteiger partial charge is 0.484 e. The number of nitrogens with one attached hydrogen (secondary N) is 2. The fraction of sp³-hybridized carbons (Fsp3) is 0.647. The zero-order valence-electron chi connectivity index (χ0n) is 30.5. The molecule has 11 nitrogen and oxygen atoms in total. The zero-order chi connectivity index (χ0) is 35.2. The van der Waals surface area contributed by atoms with Crippen LogP contribution >= 0.6 is 0 Å². The molecule has 2 N–H and O–H groups in total. The van der Waals surface area contributed by atoms with E-state index in [0.29, 0.717) is 24.4 Å². The van der Waals surface area contributed by atoms with Gasteiger partial charge in [-0.1, -0.05) is 74.4 Å². The number of ether oxygens (including phenoxy) is 2. The minimum Gasteiger partial charge on any atom is -0.484 e. The van der Waals surface area contributed by atoms with Crippen LogP contribution in [0.25, 0.3) is 11.2 Å². The third kappa shape index (κ3) is 8.61. The number of hydrogen-bond acceptors (Lipinski definition) is 8. The number of fused-ring (bicyclic) bond motifs is 1. The molecule has 0 unspecified atom stereocenters. The van der Waals surface area contributed by atoms with Crippen molar-refractivity contribution < 1.29 is 23.1 Å². The molecule has 47 heavy (non-hydrogen) atoms. The number of hydrogen-bond donors (Lipinski definition) is 2. The lowest BCUT2D eigenvalue weighted by molar-refractivity contribution is -0.118. The van der Waals surface area contributed by atoms with Crippen molar-refractivity contribution in [1.82, 2.24) is 19.5 Å². The first-order valence-electron chi connectivity index (χ1n) is 16.5. The van der Waals surface area contributed by atoms with Crippen LogP contribution in [0.3, 0.4) is 0 Å². The quantitative estimate of drug-likeness (QED) is 0.216. The zero-order valence-corrected chi connectivity index (χ0v) is 32.5. The summed E-state index contributed by atoms with van der Waals surface area (Å²) in [6, 6.07) is 7.65. The highest BCUT2D eigenvalue weighted by Crippen LogP contribution is 2.43. The van der Waals surface area contributed by atoms with Gasteiger partial charge in [0.15, 0.2) is 34.4 Å². The number of aromatic nitrogens is 4. The second kappa shape index (κ2) is 13.2. The van der Waals surface area contributed by atoms with Crippen molar-refractivity contribution in [3.05, 3.63) is 46.5 Å². The number of benzene rings is 1. The first-order valence-corrected chi connectivity index (χ1v) is 22.3. The average Bonchev–Trinajstić information content (AvgIpc) is 3.53. The van der Waals surface area contributed by atoms with Crippen LogP contribution in [0.15, 0.2) is 35.4 Å².